The number of anilines is 1. The number of hydrogen-bond acceptors (Lipinski definition) is 2. The second kappa shape index (κ2) is 7.33. The summed E-state index contributed by atoms with van der Waals surface area (Å²) in [6.07, 6.45) is 0. The van der Waals surface area contributed by atoms with Gasteiger partial charge in [0.1, 0.15) is 0 Å². The summed E-state index contributed by atoms with van der Waals surface area (Å²) in [5, 5.41) is 8.50. The highest BCUT2D eigenvalue weighted by atomic mass is 79.9. The molecule has 0 spiro atoms. The smallest absolute Gasteiger partial charge is 0.319 e. The predicted octanol–water partition coefficient (Wildman–Crippen LogP) is 4.33. The van der Waals surface area contributed by atoms with E-state index < -0.39 is 6.04 Å². The van der Waals surface area contributed by atoms with Crippen molar-refractivity contribution in [2.24, 2.45) is 0 Å². The Morgan fingerprint density at radius 2 is 1.88 bits per heavy atom. The molecular weight excluding hydrogens is 394 g/mol. The Balaban J connectivity index is 1.97. The minimum Gasteiger partial charge on any atom is -0.327 e. The van der Waals surface area contributed by atoms with Crippen LogP contribution in [-0.4, -0.2) is 11.9 Å². The van der Waals surface area contributed by atoms with Gasteiger partial charge in [0, 0.05) is 15.9 Å². The molecule has 0 saturated heterocycles. The normalized spacial score (nSPS) is 16.8. The molecule has 26 heavy (non-hydrogen) atoms. The minimum absolute atomic E-state index is 0.244. The van der Waals surface area contributed by atoms with Crippen LogP contribution in [0.2, 0.25) is 0 Å². The van der Waals surface area contributed by atoms with E-state index in [1.807, 2.05) is 56.3 Å². The van der Waals surface area contributed by atoms with Crippen LogP contribution in [0.5, 0.6) is 0 Å². The SMILES string of the molecule is CC1=C(C(=O)Nc2ccc(C)cc2C)[C@H](c2cccc(Br)c2)NC(=O)N1. The second-order valence-electron chi connectivity index (χ2n) is 6.40. The summed E-state index contributed by atoms with van der Waals surface area (Å²) in [6.45, 7) is 5.70. The van der Waals surface area contributed by atoms with Crippen LogP contribution in [0, 0.1) is 13.8 Å². The highest BCUT2D eigenvalue weighted by Crippen LogP contribution is 2.29. The molecule has 1 heterocycles. The van der Waals surface area contributed by atoms with Gasteiger partial charge < -0.3 is 16.0 Å². The zero-order chi connectivity index (χ0) is 18.8. The summed E-state index contributed by atoms with van der Waals surface area (Å²) in [5.41, 5.74) is 4.74. The van der Waals surface area contributed by atoms with Crippen LogP contribution in [0.15, 0.2) is 58.2 Å². The van der Waals surface area contributed by atoms with E-state index in [2.05, 4.69) is 31.9 Å². The third-order valence-electron chi connectivity index (χ3n) is 4.33. The first-order valence-corrected chi connectivity index (χ1v) is 9.07. The summed E-state index contributed by atoms with van der Waals surface area (Å²) in [7, 11) is 0. The average molecular weight is 414 g/mol. The molecule has 0 unspecified atom stereocenters. The van der Waals surface area contributed by atoms with Crippen molar-refractivity contribution < 1.29 is 9.59 Å². The topological polar surface area (TPSA) is 70.2 Å². The molecule has 0 saturated carbocycles. The summed E-state index contributed by atoms with van der Waals surface area (Å²) in [5.74, 6) is -0.244. The summed E-state index contributed by atoms with van der Waals surface area (Å²) in [4.78, 5) is 25.0. The summed E-state index contributed by atoms with van der Waals surface area (Å²) < 4.78 is 0.884. The third-order valence-corrected chi connectivity index (χ3v) is 4.82. The maximum Gasteiger partial charge on any atom is 0.319 e. The van der Waals surface area contributed by atoms with E-state index in [9.17, 15) is 9.59 Å². The molecule has 0 radical (unpaired) electrons. The van der Waals surface area contributed by atoms with Gasteiger partial charge in [0.25, 0.3) is 5.91 Å². The molecule has 1 aliphatic rings. The Bertz CT molecular complexity index is 921. The standard InChI is InChI=1S/C20H20BrN3O2/c1-11-7-8-16(12(2)9-11)23-19(25)17-13(3)22-20(26)24-18(17)14-5-4-6-15(21)10-14/h4-10,18H,1-3H3,(H,23,25)(H2,22,24,26)/t18-/m0/s1. The van der Waals surface area contributed by atoms with Crippen molar-refractivity contribution in [1.29, 1.82) is 0 Å². The lowest BCUT2D eigenvalue weighted by molar-refractivity contribution is -0.113. The van der Waals surface area contributed by atoms with Gasteiger partial charge in [-0.05, 0) is 50.1 Å². The lowest BCUT2D eigenvalue weighted by atomic mass is 9.94. The van der Waals surface area contributed by atoms with E-state index in [1.54, 1.807) is 6.92 Å². The lowest BCUT2D eigenvalue weighted by Crippen LogP contribution is -2.46. The lowest BCUT2D eigenvalue weighted by Gasteiger charge is -2.29. The molecule has 6 heteroatoms. The van der Waals surface area contributed by atoms with Crippen LogP contribution in [-0.2, 0) is 4.79 Å². The highest BCUT2D eigenvalue weighted by Gasteiger charge is 2.31. The van der Waals surface area contributed by atoms with Gasteiger partial charge in [-0.15, -0.1) is 0 Å². The minimum atomic E-state index is -0.521. The van der Waals surface area contributed by atoms with Crippen LogP contribution >= 0.6 is 15.9 Å². The first-order valence-electron chi connectivity index (χ1n) is 8.27. The molecule has 134 valence electrons. The molecular formula is C20H20BrN3O2. The molecule has 0 aliphatic carbocycles. The van der Waals surface area contributed by atoms with Crippen LogP contribution < -0.4 is 16.0 Å². The van der Waals surface area contributed by atoms with Gasteiger partial charge in [-0.3, -0.25) is 4.79 Å². The Labute approximate surface area is 161 Å². The Morgan fingerprint density at radius 1 is 1.12 bits per heavy atom. The molecule has 5 nitrogen and oxygen atoms in total. The fraction of sp³-hybridized carbons (Fsp3) is 0.200. The number of rotatable bonds is 3. The molecule has 1 aliphatic heterocycles. The van der Waals surface area contributed by atoms with Gasteiger partial charge in [-0.2, -0.15) is 0 Å². The van der Waals surface area contributed by atoms with Crippen molar-refractivity contribution in [3.63, 3.8) is 0 Å². The monoisotopic (exact) mass is 413 g/mol. The molecule has 3 amide bonds. The molecule has 1 atom stereocenters. The fourth-order valence-corrected chi connectivity index (χ4v) is 3.49. The molecule has 3 N–H and O–H groups in total. The maximum absolute atomic E-state index is 13.0. The van der Waals surface area contributed by atoms with E-state index in [-0.39, 0.29) is 11.9 Å². The Hall–Kier alpha value is -2.60. The molecule has 0 aromatic heterocycles. The number of urea groups is 1. The zero-order valence-corrected chi connectivity index (χ0v) is 16.4. The van der Waals surface area contributed by atoms with Gasteiger partial charge in [-0.1, -0.05) is 45.8 Å². The van der Waals surface area contributed by atoms with Crippen molar-refractivity contribution in [2.75, 3.05) is 5.32 Å². The van der Waals surface area contributed by atoms with E-state index in [1.165, 1.54) is 0 Å². The van der Waals surface area contributed by atoms with Crippen molar-refractivity contribution in [3.8, 4) is 0 Å². The number of nitrogens with one attached hydrogen (secondary N) is 3. The van der Waals surface area contributed by atoms with Gasteiger partial charge in [-0.25, -0.2) is 4.79 Å². The molecule has 0 fully saturated rings. The molecule has 3 rings (SSSR count). The number of hydrogen-bond donors (Lipinski definition) is 3. The largest absolute Gasteiger partial charge is 0.327 e. The van der Waals surface area contributed by atoms with Gasteiger partial charge in [0.05, 0.1) is 11.6 Å². The number of benzene rings is 2. The predicted molar refractivity (Wildman–Crippen MR) is 106 cm³/mol. The second-order valence-corrected chi connectivity index (χ2v) is 7.31. The number of allylic oxidation sites excluding steroid dienone is 1. The van der Waals surface area contributed by atoms with Crippen molar-refractivity contribution in [2.45, 2.75) is 26.8 Å². The number of carbonyl (C=O) groups is 2. The molecule has 2 aromatic rings. The number of halogens is 1. The van der Waals surface area contributed by atoms with Crippen molar-refractivity contribution >= 4 is 33.6 Å². The third kappa shape index (κ3) is 3.80. The number of carbonyl (C=O) groups excluding carboxylic acids is 2. The number of amides is 3. The van der Waals surface area contributed by atoms with Gasteiger partial charge >= 0.3 is 6.03 Å². The Morgan fingerprint density at radius 3 is 2.58 bits per heavy atom. The molecule has 2 aromatic carbocycles. The number of aryl methyl sites for hydroxylation is 2. The maximum atomic E-state index is 13.0. The van der Waals surface area contributed by atoms with Crippen molar-refractivity contribution in [3.05, 3.63) is 74.9 Å². The van der Waals surface area contributed by atoms with Gasteiger partial charge in [0.2, 0.25) is 0 Å². The van der Waals surface area contributed by atoms with E-state index >= 15 is 0 Å². The Kier molecular flexibility index (Phi) is 5.13. The fourth-order valence-electron chi connectivity index (χ4n) is 3.07. The van der Waals surface area contributed by atoms with E-state index in [0.717, 1.165) is 26.9 Å². The van der Waals surface area contributed by atoms with Crippen LogP contribution in [0.25, 0.3) is 0 Å². The van der Waals surface area contributed by atoms with Crippen LogP contribution in [0.4, 0.5) is 10.5 Å². The van der Waals surface area contributed by atoms with E-state index in [0.29, 0.717) is 11.3 Å². The summed E-state index contributed by atoms with van der Waals surface area (Å²) >= 11 is 3.44. The highest BCUT2D eigenvalue weighted by molar-refractivity contribution is 9.10. The first kappa shape index (κ1) is 18.2. The van der Waals surface area contributed by atoms with Crippen molar-refractivity contribution in [1.82, 2.24) is 10.6 Å². The van der Waals surface area contributed by atoms with E-state index in [4.69, 9.17) is 0 Å². The first-order chi connectivity index (χ1) is 12.3. The van der Waals surface area contributed by atoms with Crippen LogP contribution in [0.1, 0.15) is 29.7 Å². The zero-order valence-electron chi connectivity index (χ0n) is 14.8. The van der Waals surface area contributed by atoms with Gasteiger partial charge in [0.15, 0.2) is 0 Å². The van der Waals surface area contributed by atoms with Crippen LogP contribution in [0.3, 0.4) is 0 Å². The molecule has 0 bridgehead atoms. The summed E-state index contributed by atoms with van der Waals surface area (Å²) in [6, 6.07) is 12.6. The quantitative estimate of drug-likeness (QED) is 0.700. The average Bonchev–Trinajstić information content (AvgIpc) is 2.56.